The first-order valence-electron chi connectivity index (χ1n) is 10.5. The van der Waals surface area contributed by atoms with Crippen molar-refractivity contribution in [3.05, 3.63) is 35.4 Å². The largest absolute Gasteiger partial charge is 0.342 e. The molecular weight excluding hydrogens is 398 g/mol. The first kappa shape index (κ1) is 22.2. The monoisotopic (exact) mass is 426 g/mol. The summed E-state index contributed by atoms with van der Waals surface area (Å²) in [7, 11) is 0. The molecule has 3 fully saturated rings. The number of fused-ring (bicyclic) bond motifs is 2. The summed E-state index contributed by atoms with van der Waals surface area (Å²) in [5, 5.41) is 0. The number of piperidine rings is 1. The summed E-state index contributed by atoms with van der Waals surface area (Å²) >= 11 is 0. The van der Waals surface area contributed by atoms with Gasteiger partial charge in [0.2, 0.25) is 5.91 Å². The van der Waals surface area contributed by atoms with Crippen molar-refractivity contribution < 1.29 is 18.4 Å². The van der Waals surface area contributed by atoms with Crippen LogP contribution in [0, 0.1) is 35.3 Å². The van der Waals surface area contributed by atoms with Crippen molar-refractivity contribution in [2.24, 2.45) is 29.4 Å². The third-order valence-corrected chi connectivity index (χ3v) is 7.13. The summed E-state index contributed by atoms with van der Waals surface area (Å²) in [6.07, 6.45) is 6.22. The molecule has 0 aromatic heterocycles. The number of nitrogens with zero attached hydrogens (tertiary/aromatic N) is 1. The van der Waals surface area contributed by atoms with Gasteiger partial charge in [0.15, 0.2) is 5.78 Å². The number of Topliss-reactive ketones (excluding diaryl/α,β-unsaturated/α-hetero) is 1. The Kier molecular flexibility index (Phi) is 6.94. The van der Waals surface area contributed by atoms with Crippen LogP contribution < -0.4 is 5.73 Å². The predicted molar refractivity (Wildman–Crippen MR) is 109 cm³/mol. The maximum absolute atomic E-state index is 13.9. The molecule has 4 nitrogen and oxygen atoms in total. The van der Waals surface area contributed by atoms with Crippen LogP contribution in [0.1, 0.15) is 55.3 Å². The minimum Gasteiger partial charge on any atom is -0.342 e. The van der Waals surface area contributed by atoms with Gasteiger partial charge in [-0.1, -0.05) is 6.42 Å². The SMILES string of the molecule is Cl.NC1C2CCCC1CC(C(=O)N1CCC(C(=O)c3cc(F)ccc3F)CC1)C2. The van der Waals surface area contributed by atoms with Crippen molar-refractivity contribution in [1.29, 1.82) is 0 Å². The topological polar surface area (TPSA) is 63.4 Å². The van der Waals surface area contributed by atoms with Gasteiger partial charge in [-0.2, -0.15) is 0 Å². The lowest BCUT2D eigenvalue weighted by Crippen LogP contribution is -2.51. The van der Waals surface area contributed by atoms with E-state index >= 15 is 0 Å². The number of benzene rings is 1. The van der Waals surface area contributed by atoms with E-state index in [1.54, 1.807) is 0 Å². The molecule has 1 saturated heterocycles. The molecule has 2 unspecified atom stereocenters. The lowest BCUT2D eigenvalue weighted by molar-refractivity contribution is -0.139. The number of hydrogen-bond acceptors (Lipinski definition) is 3. The van der Waals surface area contributed by atoms with E-state index in [0.29, 0.717) is 37.8 Å². The minimum atomic E-state index is -0.685. The molecule has 2 saturated carbocycles. The molecule has 4 rings (SSSR count). The van der Waals surface area contributed by atoms with Gasteiger partial charge in [0, 0.05) is 31.0 Å². The number of carbonyl (C=O) groups excluding carboxylic acids is 2. The Morgan fingerprint density at radius 1 is 0.966 bits per heavy atom. The van der Waals surface area contributed by atoms with Crippen LogP contribution in [0.15, 0.2) is 18.2 Å². The molecule has 1 amide bonds. The molecular formula is C22H29ClF2N2O2. The van der Waals surface area contributed by atoms with E-state index in [1.165, 1.54) is 6.42 Å². The second-order valence-electron chi connectivity index (χ2n) is 8.78. The zero-order chi connectivity index (χ0) is 19.8. The highest BCUT2D eigenvalue weighted by Gasteiger charge is 2.42. The highest BCUT2D eigenvalue weighted by atomic mass is 35.5. The molecule has 2 N–H and O–H groups in total. The number of halogens is 3. The van der Waals surface area contributed by atoms with E-state index in [9.17, 15) is 18.4 Å². The summed E-state index contributed by atoms with van der Waals surface area (Å²) < 4.78 is 27.3. The standard InChI is InChI=1S/C22H28F2N2O2.ClH/c23-17-4-5-19(24)18(12-17)21(27)13-6-8-26(9-7-13)22(28)16-10-14-2-1-3-15(11-16)20(14)25;/h4-5,12-16,20H,1-3,6-11,25H2;1H. The average Bonchev–Trinajstić information content (AvgIpc) is 2.69. The molecule has 160 valence electrons. The Morgan fingerprint density at radius 3 is 2.21 bits per heavy atom. The molecule has 2 aliphatic carbocycles. The zero-order valence-electron chi connectivity index (χ0n) is 16.5. The molecule has 29 heavy (non-hydrogen) atoms. The van der Waals surface area contributed by atoms with E-state index in [4.69, 9.17) is 5.73 Å². The van der Waals surface area contributed by atoms with Crippen LogP contribution in [-0.2, 0) is 4.79 Å². The van der Waals surface area contributed by atoms with Gasteiger partial charge in [0.25, 0.3) is 0 Å². The van der Waals surface area contributed by atoms with Crippen LogP contribution in [0.5, 0.6) is 0 Å². The lowest BCUT2D eigenvalue weighted by atomic mass is 9.65. The Balaban J connectivity index is 0.00000240. The summed E-state index contributed by atoms with van der Waals surface area (Å²) in [5.41, 5.74) is 6.15. The molecule has 1 aliphatic heterocycles. The Bertz CT molecular complexity index is 753. The fraction of sp³-hybridized carbons (Fsp3) is 0.636. The first-order valence-corrected chi connectivity index (χ1v) is 10.5. The van der Waals surface area contributed by atoms with Crippen molar-refractivity contribution in [3.63, 3.8) is 0 Å². The van der Waals surface area contributed by atoms with Gasteiger partial charge in [-0.25, -0.2) is 8.78 Å². The number of ketones is 1. The van der Waals surface area contributed by atoms with Crippen LogP contribution in [0.3, 0.4) is 0 Å². The molecule has 0 spiro atoms. The summed E-state index contributed by atoms with van der Waals surface area (Å²) in [5.74, 6) is -0.877. The van der Waals surface area contributed by atoms with Gasteiger partial charge in [0.05, 0.1) is 5.56 Å². The summed E-state index contributed by atoms with van der Waals surface area (Å²) in [4.78, 5) is 27.5. The third-order valence-electron chi connectivity index (χ3n) is 7.13. The van der Waals surface area contributed by atoms with Gasteiger partial charge >= 0.3 is 0 Å². The summed E-state index contributed by atoms with van der Waals surface area (Å²) in [6, 6.07) is 3.21. The van der Waals surface area contributed by atoms with Crippen molar-refractivity contribution in [2.45, 2.75) is 51.0 Å². The van der Waals surface area contributed by atoms with Crippen molar-refractivity contribution >= 4 is 24.1 Å². The Labute approximate surface area is 176 Å². The number of nitrogens with two attached hydrogens (primary N) is 1. The van der Waals surface area contributed by atoms with Crippen LogP contribution >= 0.6 is 12.4 Å². The van der Waals surface area contributed by atoms with Crippen molar-refractivity contribution in [2.75, 3.05) is 13.1 Å². The molecule has 2 bridgehead atoms. The van der Waals surface area contributed by atoms with E-state index in [1.807, 2.05) is 4.90 Å². The molecule has 2 atom stereocenters. The van der Waals surface area contributed by atoms with Gasteiger partial charge in [0.1, 0.15) is 11.6 Å². The second-order valence-corrected chi connectivity index (χ2v) is 8.78. The van der Waals surface area contributed by atoms with Crippen LogP contribution in [0.4, 0.5) is 8.78 Å². The lowest BCUT2D eigenvalue weighted by Gasteiger charge is -2.45. The van der Waals surface area contributed by atoms with Crippen molar-refractivity contribution in [3.8, 4) is 0 Å². The van der Waals surface area contributed by atoms with Gasteiger partial charge < -0.3 is 10.6 Å². The number of amides is 1. The third kappa shape index (κ3) is 4.48. The fourth-order valence-corrected chi connectivity index (χ4v) is 5.52. The second kappa shape index (κ2) is 9.09. The number of carbonyl (C=O) groups is 2. The maximum atomic E-state index is 13.9. The summed E-state index contributed by atoms with van der Waals surface area (Å²) in [6.45, 7) is 1.01. The van der Waals surface area contributed by atoms with Crippen LogP contribution in [-0.4, -0.2) is 35.7 Å². The smallest absolute Gasteiger partial charge is 0.225 e. The predicted octanol–water partition coefficient (Wildman–Crippen LogP) is 3.96. The highest BCUT2D eigenvalue weighted by molar-refractivity contribution is 5.98. The van der Waals surface area contributed by atoms with E-state index in [-0.39, 0.29) is 47.5 Å². The van der Waals surface area contributed by atoms with Crippen molar-refractivity contribution in [1.82, 2.24) is 4.90 Å². The quantitative estimate of drug-likeness (QED) is 0.744. The molecule has 3 aliphatic rings. The minimum absolute atomic E-state index is 0. The van der Waals surface area contributed by atoms with Crippen LogP contribution in [0.2, 0.25) is 0 Å². The Hall–Kier alpha value is -1.53. The van der Waals surface area contributed by atoms with E-state index in [2.05, 4.69) is 0 Å². The van der Waals surface area contributed by atoms with Crippen LogP contribution in [0.25, 0.3) is 0 Å². The van der Waals surface area contributed by atoms with Gasteiger partial charge in [-0.3, -0.25) is 9.59 Å². The maximum Gasteiger partial charge on any atom is 0.225 e. The van der Waals surface area contributed by atoms with Gasteiger partial charge in [-0.15, -0.1) is 12.4 Å². The van der Waals surface area contributed by atoms with Gasteiger partial charge in [-0.05, 0) is 68.6 Å². The van der Waals surface area contributed by atoms with E-state index < -0.39 is 11.6 Å². The average molecular weight is 427 g/mol. The zero-order valence-corrected chi connectivity index (χ0v) is 17.3. The number of rotatable bonds is 3. The number of hydrogen-bond donors (Lipinski definition) is 1. The Morgan fingerprint density at radius 2 is 1.59 bits per heavy atom. The number of likely N-dealkylation sites (tertiary alicyclic amines) is 1. The highest BCUT2D eigenvalue weighted by Crippen LogP contribution is 2.42. The van der Waals surface area contributed by atoms with E-state index in [0.717, 1.165) is 43.9 Å². The molecule has 1 heterocycles. The molecule has 0 radical (unpaired) electrons. The first-order chi connectivity index (χ1) is 13.4. The molecule has 7 heteroatoms. The fourth-order valence-electron chi connectivity index (χ4n) is 5.52. The molecule has 1 aromatic carbocycles. The molecule has 1 aromatic rings. The normalized spacial score (nSPS) is 29.8.